The molecule has 0 bridgehead atoms. The molecule has 0 unspecified atom stereocenters. The number of aromatic hydroxyl groups is 1. The molecular weight excluding hydrogens is 861 g/mol. The number of imide groups is 2. The van der Waals surface area contributed by atoms with E-state index >= 15 is 0 Å². The van der Waals surface area contributed by atoms with E-state index in [0.29, 0.717) is 22.8 Å². The lowest BCUT2D eigenvalue weighted by Crippen LogP contribution is -2.31. The van der Waals surface area contributed by atoms with Crippen LogP contribution in [0.25, 0.3) is 0 Å². The van der Waals surface area contributed by atoms with E-state index < -0.39 is 29.2 Å². The molecule has 2 heterocycles. The van der Waals surface area contributed by atoms with Crippen molar-refractivity contribution in [2.45, 2.75) is 90.6 Å². The molecule has 0 spiro atoms. The molecule has 2 aliphatic rings. The Hall–Kier alpha value is -7.78. The maximum absolute atomic E-state index is 14.1. The summed E-state index contributed by atoms with van der Waals surface area (Å²) in [4.78, 5) is 58.0. The first-order valence-corrected chi connectivity index (χ1v) is 23.3. The number of ether oxygens (including phenoxy) is 2. The first-order chi connectivity index (χ1) is 32.7. The van der Waals surface area contributed by atoms with E-state index in [2.05, 4.69) is 72.7 Å². The van der Waals surface area contributed by atoms with Crippen molar-refractivity contribution < 1.29 is 33.8 Å². The predicted molar refractivity (Wildman–Crippen MR) is 270 cm³/mol. The van der Waals surface area contributed by atoms with Crippen molar-refractivity contribution in [3.05, 3.63) is 213 Å². The molecule has 4 amide bonds. The highest BCUT2D eigenvalue weighted by Gasteiger charge is 2.41. The Morgan fingerprint density at radius 1 is 0.420 bits per heavy atom. The molecule has 348 valence electrons. The second-order valence-corrected chi connectivity index (χ2v) is 20.3. The van der Waals surface area contributed by atoms with Gasteiger partial charge in [0.1, 0.15) is 28.6 Å². The van der Waals surface area contributed by atoms with Crippen LogP contribution in [0.5, 0.6) is 23.0 Å². The molecule has 0 saturated carbocycles. The lowest BCUT2D eigenvalue weighted by molar-refractivity contribution is 0.0912. The van der Waals surface area contributed by atoms with Crippen LogP contribution < -0.4 is 19.3 Å². The van der Waals surface area contributed by atoms with Crippen molar-refractivity contribution in [1.29, 1.82) is 0 Å². The fraction of sp³-hybridized carbons (Fsp3) is 0.233. The van der Waals surface area contributed by atoms with Crippen LogP contribution in [0.2, 0.25) is 0 Å². The van der Waals surface area contributed by atoms with Gasteiger partial charge in [-0.3, -0.25) is 19.2 Å². The minimum atomic E-state index is -0.892. The molecule has 2 aliphatic heterocycles. The summed E-state index contributed by atoms with van der Waals surface area (Å²) in [6, 6.07) is 48.0. The number of fused-ring (bicyclic) bond motifs is 2. The quantitative estimate of drug-likeness (QED) is 0.115. The van der Waals surface area contributed by atoms with Gasteiger partial charge in [0.2, 0.25) is 0 Å². The normalized spacial score (nSPS) is 14.0. The standard InChI is InChI=1S/C60H56N2O7/c1-10-57(2,3)37-14-16-38(17-15-37)58(4,5)40-20-27-46(28-21-40)68-48-31-33-50-52(36-48)56(67)62(54(50)65)44-13-11-12-43(35-44)61-53(64)49-32-24-42(34-51(49)55(61)66)60(8,9)69-47-29-22-41(23-30-47)59(6,7)39-18-25-45(63)26-19-39/h11-36,63H,10H2,1-9H3. The van der Waals surface area contributed by atoms with Crippen LogP contribution in [-0.4, -0.2) is 28.7 Å². The van der Waals surface area contributed by atoms with Gasteiger partial charge in [0, 0.05) is 10.8 Å². The Labute approximate surface area is 404 Å². The molecule has 0 aliphatic carbocycles. The Balaban J connectivity index is 0.880. The number of amides is 4. The smallest absolute Gasteiger partial charge is 0.266 e. The van der Waals surface area contributed by atoms with Crippen LogP contribution in [0.15, 0.2) is 158 Å². The van der Waals surface area contributed by atoms with Crippen LogP contribution in [-0.2, 0) is 21.8 Å². The number of carbonyl (C=O) groups excluding carboxylic acids is 4. The molecule has 7 aromatic rings. The molecule has 7 aromatic carbocycles. The summed E-state index contributed by atoms with van der Waals surface area (Å²) in [7, 11) is 0. The maximum Gasteiger partial charge on any atom is 0.266 e. The maximum atomic E-state index is 14.1. The summed E-state index contributed by atoms with van der Waals surface area (Å²) < 4.78 is 12.7. The van der Waals surface area contributed by atoms with E-state index in [1.54, 1.807) is 66.7 Å². The van der Waals surface area contributed by atoms with Crippen LogP contribution in [0.1, 0.15) is 144 Å². The first kappa shape index (κ1) is 46.3. The number of hydrogen-bond acceptors (Lipinski definition) is 7. The van der Waals surface area contributed by atoms with Gasteiger partial charge in [-0.05, 0) is 144 Å². The molecule has 0 radical (unpaired) electrons. The van der Waals surface area contributed by atoms with Crippen molar-refractivity contribution in [3.63, 3.8) is 0 Å². The SMILES string of the molecule is CCC(C)(C)c1ccc(C(C)(C)c2ccc(Oc3ccc4c(c3)C(=O)N(c3cccc(N5C(=O)c6ccc(C(C)(C)Oc7ccc(C(C)(C)c8ccc(O)cc8)cc7)cc6C5=O)c3)C4=O)cc2)cc1. The Kier molecular flexibility index (Phi) is 11.5. The highest BCUT2D eigenvalue weighted by atomic mass is 16.5. The molecular formula is C60H56N2O7. The zero-order chi connectivity index (χ0) is 49.2. The van der Waals surface area contributed by atoms with Gasteiger partial charge >= 0.3 is 0 Å². The summed E-state index contributed by atoms with van der Waals surface area (Å²) in [6.45, 7) is 19.2. The fourth-order valence-electron chi connectivity index (χ4n) is 9.26. The summed E-state index contributed by atoms with van der Waals surface area (Å²) in [5.74, 6) is -0.302. The van der Waals surface area contributed by atoms with E-state index in [1.165, 1.54) is 17.2 Å². The minimum absolute atomic E-state index is 0.112. The number of phenolic OH excluding ortho intramolecular Hbond substituents is 1. The number of phenols is 1. The molecule has 9 nitrogen and oxygen atoms in total. The third-order valence-electron chi connectivity index (χ3n) is 14.4. The minimum Gasteiger partial charge on any atom is -0.508 e. The third kappa shape index (κ3) is 8.36. The van der Waals surface area contributed by atoms with Crippen LogP contribution >= 0.6 is 0 Å². The molecule has 1 N–H and O–H groups in total. The molecule has 0 saturated heterocycles. The number of benzene rings is 7. The summed E-state index contributed by atoms with van der Waals surface area (Å²) in [5.41, 5.74) is 6.39. The van der Waals surface area contributed by atoms with E-state index in [0.717, 1.165) is 32.9 Å². The highest BCUT2D eigenvalue weighted by Crippen LogP contribution is 2.40. The number of nitrogens with zero attached hydrogens (tertiary/aromatic N) is 2. The van der Waals surface area contributed by atoms with Gasteiger partial charge in [-0.2, -0.15) is 0 Å². The third-order valence-corrected chi connectivity index (χ3v) is 14.4. The molecule has 0 atom stereocenters. The van der Waals surface area contributed by atoms with Crippen LogP contribution in [0.4, 0.5) is 11.4 Å². The summed E-state index contributed by atoms with van der Waals surface area (Å²) in [6.07, 6.45) is 1.06. The Bertz CT molecular complexity index is 3160. The summed E-state index contributed by atoms with van der Waals surface area (Å²) >= 11 is 0. The van der Waals surface area contributed by atoms with Gasteiger partial charge in [0.25, 0.3) is 23.6 Å². The van der Waals surface area contributed by atoms with Crippen LogP contribution in [0, 0.1) is 0 Å². The predicted octanol–water partition coefficient (Wildman–Crippen LogP) is 13.4. The summed E-state index contributed by atoms with van der Waals surface area (Å²) in [5, 5.41) is 9.77. The van der Waals surface area contributed by atoms with Crippen LogP contribution in [0.3, 0.4) is 0 Å². The van der Waals surface area contributed by atoms with Crippen molar-refractivity contribution in [2.24, 2.45) is 0 Å². The van der Waals surface area contributed by atoms with E-state index in [1.807, 2.05) is 74.5 Å². The largest absolute Gasteiger partial charge is 0.508 e. The van der Waals surface area contributed by atoms with Gasteiger partial charge < -0.3 is 14.6 Å². The van der Waals surface area contributed by atoms with Gasteiger partial charge in [-0.1, -0.05) is 121 Å². The van der Waals surface area contributed by atoms with E-state index in [9.17, 15) is 24.3 Å². The van der Waals surface area contributed by atoms with E-state index in [-0.39, 0.29) is 55.6 Å². The Morgan fingerprint density at radius 3 is 1.32 bits per heavy atom. The molecule has 9 rings (SSSR count). The zero-order valence-corrected chi connectivity index (χ0v) is 40.5. The molecule has 69 heavy (non-hydrogen) atoms. The monoisotopic (exact) mass is 916 g/mol. The van der Waals surface area contributed by atoms with Crippen molar-refractivity contribution in [3.8, 4) is 23.0 Å². The average Bonchev–Trinajstić information content (AvgIpc) is 3.74. The molecule has 0 aromatic heterocycles. The van der Waals surface area contributed by atoms with Crippen molar-refractivity contribution >= 4 is 35.0 Å². The number of rotatable bonds is 13. The number of carbonyl (C=O) groups is 4. The lowest BCUT2D eigenvalue weighted by Gasteiger charge is -2.29. The number of hydrogen-bond donors (Lipinski definition) is 1. The van der Waals surface area contributed by atoms with Crippen molar-refractivity contribution in [1.82, 2.24) is 0 Å². The lowest BCUT2D eigenvalue weighted by atomic mass is 9.76. The fourth-order valence-corrected chi connectivity index (χ4v) is 9.26. The second-order valence-electron chi connectivity index (χ2n) is 20.3. The Morgan fingerprint density at radius 2 is 0.812 bits per heavy atom. The topological polar surface area (TPSA) is 113 Å². The second kappa shape index (κ2) is 17.1. The van der Waals surface area contributed by atoms with Crippen molar-refractivity contribution in [2.75, 3.05) is 9.80 Å². The van der Waals surface area contributed by atoms with E-state index in [4.69, 9.17) is 9.47 Å². The molecule has 0 fully saturated rings. The van der Waals surface area contributed by atoms with Gasteiger partial charge in [-0.25, -0.2) is 9.80 Å². The van der Waals surface area contributed by atoms with Gasteiger partial charge in [0.15, 0.2) is 0 Å². The first-order valence-electron chi connectivity index (χ1n) is 23.3. The molecule has 9 heteroatoms. The number of anilines is 2. The zero-order valence-electron chi connectivity index (χ0n) is 40.5. The average molecular weight is 917 g/mol. The van der Waals surface area contributed by atoms with Gasteiger partial charge in [0.05, 0.1) is 33.6 Å². The highest BCUT2D eigenvalue weighted by molar-refractivity contribution is 6.36. The van der Waals surface area contributed by atoms with Gasteiger partial charge in [-0.15, -0.1) is 0 Å².